The van der Waals surface area contributed by atoms with Crippen molar-refractivity contribution in [3.05, 3.63) is 23.5 Å². The second-order valence-corrected chi connectivity index (χ2v) is 2.23. The summed E-state index contributed by atoms with van der Waals surface area (Å²) in [4.78, 5) is 0. The van der Waals surface area contributed by atoms with Crippen LogP contribution in [0.3, 0.4) is 0 Å². The fourth-order valence-electron chi connectivity index (χ4n) is 0.847. The minimum Gasteiger partial charge on any atom is -0.504 e. The number of phenols is 2. The molecule has 0 aliphatic rings. The fraction of sp³-hybridized carbons (Fsp3) is 0.143. The molecule has 0 aromatic heterocycles. The summed E-state index contributed by atoms with van der Waals surface area (Å²) in [5, 5.41) is 26.2. The Hall–Kier alpha value is -1.33. The number of rotatable bonds is 2. The van der Waals surface area contributed by atoms with E-state index in [2.05, 4.69) is 0 Å². The minimum absolute atomic E-state index is 0.169. The van der Waals surface area contributed by atoms with Crippen LogP contribution in [0.5, 0.6) is 11.5 Å². The van der Waals surface area contributed by atoms with Crippen LogP contribution in [-0.2, 0) is 6.54 Å². The summed E-state index contributed by atoms with van der Waals surface area (Å²) in [5.41, 5.74) is 1.51. The number of halogens is 1. The fourth-order valence-corrected chi connectivity index (χ4v) is 0.847. The van der Waals surface area contributed by atoms with Gasteiger partial charge in [-0.2, -0.15) is 0 Å². The first-order chi connectivity index (χ1) is 5.66. The first kappa shape index (κ1) is 8.76. The van der Waals surface area contributed by atoms with Gasteiger partial charge in [0.2, 0.25) is 0 Å². The maximum atomic E-state index is 12.8. The second kappa shape index (κ2) is 3.38. The van der Waals surface area contributed by atoms with E-state index in [9.17, 15) is 4.39 Å². The van der Waals surface area contributed by atoms with Crippen LogP contribution < -0.4 is 5.48 Å². The summed E-state index contributed by atoms with van der Waals surface area (Å²) in [6.07, 6.45) is 0. The Kier molecular flexibility index (Phi) is 2.47. The van der Waals surface area contributed by atoms with Crippen molar-refractivity contribution in [1.29, 1.82) is 0 Å². The lowest BCUT2D eigenvalue weighted by Gasteiger charge is -2.05. The summed E-state index contributed by atoms with van der Waals surface area (Å²) in [6.45, 7) is -0.258. The molecule has 0 saturated heterocycles. The van der Waals surface area contributed by atoms with Crippen LogP contribution in [-0.4, -0.2) is 15.4 Å². The van der Waals surface area contributed by atoms with Crippen molar-refractivity contribution in [2.45, 2.75) is 6.54 Å². The molecule has 0 aliphatic carbocycles. The van der Waals surface area contributed by atoms with Crippen molar-refractivity contribution in [2.24, 2.45) is 0 Å². The van der Waals surface area contributed by atoms with Crippen molar-refractivity contribution in [2.75, 3.05) is 0 Å². The largest absolute Gasteiger partial charge is 0.504 e. The van der Waals surface area contributed by atoms with Gasteiger partial charge < -0.3 is 15.4 Å². The van der Waals surface area contributed by atoms with E-state index < -0.39 is 17.3 Å². The van der Waals surface area contributed by atoms with Gasteiger partial charge in [0.05, 0.1) is 6.54 Å². The highest BCUT2D eigenvalue weighted by Gasteiger charge is 2.10. The normalized spacial score (nSPS) is 10.2. The molecule has 0 fully saturated rings. The lowest BCUT2D eigenvalue weighted by Crippen LogP contribution is -2.08. The molecule has 1 aromatic rings. The molecule has 0 spiro atoms. The maximum Gasteiger partial charge on any atom is 0.165 e. The van der Waals surface area contributed by atoms with E-state index in [4.69, 9.17) is 15.4 Å². The second-order valence-electron chi connectivity index (χ2n) is 2.23. The molecular weight excluding hydrogens is 165 g/mol. The Morgan fingerprint density at radius 3 is 2.58 bits per heavy atom. The van der Waals surface area contributed by atoms with Gasteiger partial charge in [-0.25, -0.2) is 9.87 Å². The molecule has 66 valence electrons. The Morgan fingerprint density at radius 2 is 2.00 bits per heavy atom. The summed E-state index contributed by atoms with van der Waals surface area (Å²) < 4.78 is 12.8. The van der Waals surface area contributed by atoms with E-state index in [1.165, 1.54) is 0 Å². The third-order valence-electron chi connectivity index (χ3n) is 1.46. The molecule has 4 N–H and O–H groups in total. The van der Waals surface area contributed by atoms with Crippen LogP contribution in [0.4, 0.5) is 4.39 Å². The number of hydrogen-bond acceptors (Lipinski definition) is 4. The summed E-state index contributed by atoms with van der Waals surface area (Å²) in [5.74, 6) is -1.66. The summed E-state index contributed by atoms with van der Waals surface area (Å²) >= 11 is 0. The van der Waals surface area contributed by atoms with Crippen molar-refractivity contribution in [1.82, 2.24) is 5.48 Å². The monoisotopic (exact) mass is 173 g/mol. The molecule has 0 bridgehead atoms. The highest BCUT2D eigenvalue weighted by Crippen LogP contribution is 2.30. The molecule has 0 aliphatic heterocycles. The van der Waals surface area contributed by atoms with Gasteiger partial charge in [-0.05, 0) is 12.1 Å². The average molecular weight is 173 g/mol. The van der Waals surface area contributed by atoms with Crippen molar-refractivity contribution in [3.63, 3.8) is 0 Å². The zero-order valence-corrected chi connectivity index (χ0v) is 6.08. The number of hydroxylamine groups is 1. The molecule has 12 heavy (non-hydrogen) atoms. The minimum atomic E-state index is -0.688. The predicted molar refractivity (Wildman–Crippen MR) is 38.4 cm³/mol. The van der Waals surface area contributed by atoms with Crippen LogP contribution >= 0.6 is 0 Å². The SMILES string of the molecule is ONCc1c(F)ccc(O)c1O. The van der Waals surface area contributed by atoms with Gasteiger partial charge in [0.15, 0.2) is 11.5 Å². The Balaban J connectivity index is 3.14. The third-order valence-corrected chi connectivity index (χ3v) is 1.46. The molecule has 1 rings (SSSR count). The van der Waals surface area contributed by atoms with E-state index in [1.54, 1.807) is 5.48 Å². The summed E-state index contributed by atoms with van der Waals surface area (Å²) in [6, 6.07) is 2.03. The number of nitrogens with one attached hydrogen (secondary N) is 1. The first-order valence-corrected chi connectivity index (χ1v) is 3.23. The van der Waals surface area contributed by atoms with Crippen LogP contribution in [0.2, 0.25) is 0 Å². The van der Waals surface area contributed by atoms with Gasteiger partial charge in [-0.3, -0.25) is 0 Å². The van der Waals surface area contributed by atoms with E-state index >= 15 is 0 Å². The molecular formula is C7H8FNO3. The lowest BCUT2D eigenvalue weighted by atomic mass is 10.2. The Labute approximate surface area is 67.8 Å². The number of aromatic hydroxyl groups is 2. The summed E-state index contributed by atoms with van der Waals surface area (Å²) in [7, 11) is 0. The molecule has 0 atom stereocenters. The molecule has 1 aromatic carbocycles. The van der Waals surface area contributed by atoms with Crippen molar-refractivity contribution >= 4 is 0 Å². The number of benzene rings is 1. The Morgan fingerprint density at radius 1 is 1.33 bits per heavy atom. The van der Waals surface area contributed by atoms with Crippen molar-refractivity contribution < 1.29 is 19.8 Å². The smallest absolute Gasteiger partial charge is 0.165 e. The molecule has 4 nitrogen and oxygen atoms in total. The van der Waals surface area contributed by atoms with E-state index in [0.29, 0.717) is 0 Å². The zero-order chi connectivity index (χ0) is 9.14. The van der Waals surface area contributed by atoms with E-state index in [-0.39, 0.29) is 12.1 Å². The highest BCUT2D eigenvalue weighted by atomic mass is 19.1. The molecule has 0 radical (unpaired) electrons. The van der Waals surface area contributed by atoms with Crippen molar-refractivity contribution in [3.8, 4) is 11.5 Å². The van der Waals surface area contributed by atoms with Crippen LogP contribution in [0.15, 0.2) is 12.1 Å². The van der Waals surface area contributed by atoms with E-state index in [0.717, 1.165) is 12.1 Å². The van der Waals surface area contributed by atoms with Gasteiger partial charge in [-0.15, -0.1) is 0 Å². The van der Waals surface area contributed by atoms with Crippen LogP contribution in [0.25, 0.3) is 0 Å². The van der Waals surface area contributed by atoms with E-state index in [1.807, 2.05) is 0 Å². The third kappa shape index (κ3) is 1.46. The van der Waals surface area contributed by atoms with Crippen LogP contribution in [0, 0.1) is 5.82 Å². The van der Waals surface area contributed by atoms with Gasteiger partial charge in [0.25, 0.3) is 0 Å². The average Bonchev–Trinajstić information content (AvgIpc) is 2.06. The van der Waals surface area contributed by atoms with Gasteiger partial charge in [-0.1, -0.05) is 0 Å². The quantitative estimate of drug-likeness (QED) is 0.392. The molecule has 0 heterocycles. The highest BCUT2D eigenvalue weighted by molar-refractivity contribution is 5.44. The van der Waals surface area contributed by atoms with Gasteiger partial charge >= 0.3 is 0 Å². The molecule has 0 unspecified atom stereocenters. The number of hydrogen-bond donors (Lipinski definition) is 4. The topological polar surface area (TPSA) is 72.7 Å². The first-order valence-electron chi connectivity index (χ1n) is 3.23. The van der Waals surface area contributed by atoms with Crippen LogP contribution in [0.1, 0.15) is 5.56 Å². The lowest BCUT2D eigenvalue weighted by molar-refractivity contribution is 0.158. The Bertz CT molecular complexity index is 290. The predicted octanol–water partition coefficient (Wildman–Crippen LogP) is 0.716. The zero-order valence-electron chi connectivity index (χ0n) is 6.08. The van der Waals surface area contributed by atoms with Gasteiger partial charge in [0.1, 0.15) is 5.82 Å². The van der Waals surface area contributed by atoms with Gasteiger partial charge in [0, 0.05) is 5.56 Å². The maximum absolute atomic E-state index is 12.8. The molecule has 0 amide bonds. The molecule has 5 heteroatoms. The standard InChI is InChI=1S/C7H8FNO3/c8-5-1-2-6(10)7(11)4(5)3-9-12/h1-2,9-12H,3H2. The number of phenolic OH excluding ortho intramolecular Hbond substituents is 2. The molecule has 0 saturated carbocycles.